The van der Waals surface area contributed by atoms with Crippen LogP contribution >= 0.6 is 11.8 Å². The van der Waals surface area contributed by atoms with Crippen molar-refractivity contribution < 1.29 is 19.5 Å². The Morgan fingerprint density at radius 2 is 1.78 bits per heavy atom. The number of benzene rings is 1. The van der Waals surface area contributed by atoms with Crippen LogP contribution in [0.5, 0.6) is 0 Å². The monoisotopic (exact) mass is 264 g/mol. The van der Waals surface area contributed by atoms with E-state index in [1.54, 1.807) is 18.4 Å². The van der Waals surface area contributed by atoms with Crippen LogP contribution in [-0.4, -0.2) is 40.7 Å². The third-order valence-electron chi connectivity index (χ3n) is 2.73. The zero-order chi connectivity index (χ0) is 13.3. The zero-order valence-electron chi connectivity index (χ0n) is 9.58. The van der Waals surface area contributed by atoms with Crippen molar-refractivity contribution in [2.75, 3.05) is 12.0 Å². The average molecular weight is 264 g/mol. The lowest BCUT2D eigenvalue weighted by atomic mass is 10.1. The van der Waals surface area contributed by atoms with Crippen molar-refractivity contribution in [2.24, 2.45) is 0 Å². The lowest BCUT2D eigenvalue weighted by Gasteiger charge is -2.26. The second kappa shape index (κ2) is 4.81. The summed E-state index contributed by atoms with van der Waals surface area (Å²) in [4.78, 5) is 35.9. The van der Waals surface area contributed by atoms with Gasteiger partial charge in [-0.05, 0) is 18.4 Å². The Labute approximate surface area is 108 Å². The summed E-state index contributed by atoms with van der Waals surface area (Å²) < 4.78 is 0. The highest BCUT2D eigenvalue weighted by Gasteiger charge is 2.39. The highest BCUT2D eigenvalue weighted by Crippen LogP contribution is 2.25. The van der Waals surface area contributed by atoms with Crippen LogP contribution in [0, 0.1) is 0 Å². The van der Waals surface area contributed by atoms with E-state index in [9.17, 15) is 19.5 Å². The standard InChI is InChI=1S/C12H11NO4S/c1-18-6-9(12(16)17)13-10(14)7-4-2-3-5-8(7)11(13)15/h2-5,9H,6H2,1H3,(H,16,17)/p-1/t9-/m1/s1. The normalized spacial score (nSPS) is 15.7. The molecular formula is C12H10NO4S-. The third-order valence-corrected chi connectivity index (χ3v) is 3.38. The molecule has 6 heteroatoms. The molecule has 0 bridgehead atoms. The molecule has 0 aliphatic carbocycles. The van der Waals surface area contributed by atoms with E-state index in [4.69, 9.17) is 0 Å². The summed E-state index contributed by atoms with van der Waals surface area (Å²) in [6, 6.07) is 5.07. The van der Waals surface area contributed by atoms with E-state index < -0.39 is 23.8 Å². The molecular weight excluding hydrogens is 254 g/mol. The van der Waals surface area contributed by atoms with E-state index in [1.165, 1.54) is 23.9 Å². The summed E-state index contributed by atoms with van der Waals surface area (Å²) in [5.74, 6) is -2.44. The Bertz CT molecular complexity index is 494. The van der Waals surface area contributed by atoms with Gasteiger partial charge in [-0.3, -0.25) is 14.5 Å². The molecule has 2 rings (SSSR count). The molecule has 0 saturated carbocycles. The number of amides is 2. The molecule has 1 aromatic carbocycles. The van der Waals surface area contributed by atoms with E-state index in [0.717, 1.165) is 4.90 Å². The fourth-order valence-electron chi connectivity index (χ4n) is 1.90. The van der Waals surface area contributed by atoms with E-state index in [2.05, 4.69) is 0 Å². The summed E-state index contributed by atoms with van der Waals surface area (Å²) >= 11 is 1.24. The highest BCUT2D eigenvalue weighted by molar-refractivity contribution is 7.98. The molecule has 5 nitrogen and oxygen atoms in total. The molecule has 0 fully saturated rings. The lowest BCUT2D eigenvalue weighted by molar-refractivity contribution is -0.309. The maximum absolute atomic E-state index is 12.0. The number of imide groups is 1. The molecule has 1 atom stereocenters. The van der Waals surface area contributed by atoms with Crippen LogP contribution in [0.2, 0.25) is 0 Å². The predicted molar refractivity (Wildman–Crippen MR) is 64.1 cm³/mol. The molecule has 1 heterocycles. The first-order valence-electron chi connectivity index (χ1n) is 5.24. The summed E-state index contributed by atoms with van der Waals surface area (Å²) in [5.41, 5.74) is 0.490. The Kier molecular flexibility index (Phi) is 3.38. The van der Waals surface area contributed by atoms with Crippen LogP contribution in [0.15, 0.2) is 24.3 Å². The number of carbonyl (C=O) groups excluding carboxylic acids is 3. The number of carboxylic acids is 1. The van der Waals surface area contributed by atoms with Crippen LogP contribution in [0.3, 0.4) is 0 Å². The van der Waals surface area contributed by atoms with Gasteiger partial charge in [0.15, 0.2) is 0 Å². The van der Waals surface area contributed by atoms with Gasteiger partial charge in [-0.15, -0.1) is 0 Å². The summed E-state index contributed by atoms with van der Waals surface area (Å²) in [6.45, 7) is 0. The number of aliphatic carboxylic acids is 1. The molecule has 1 aromatic rings. The first-order chi connectivity index (χ1) is 8.57. The van der Waals surface area contributed by atoms with Crippen molar-refractivity contribution in [3.05, 3.63) is 35.4 Å². The lowest BCUT2D eigenvalue weighted by Crippen LogP contribution is -2.52. The zero-order valence-corrected chi connectivity index (χ0v) is 10.4. The van der Waals surface area contributed by atoms with Crippen LogP contribution in [0.1, 0.15) is 20.7 Å². The number of nitrogens with zero attached hydrogens (tertiary/aromatic N) is 1. The van der Waals surface area contributed by atoms with Gasteiger partial charge in [-0.2, -0.15) is 11.8 Å². The van der Waals surface area contributed by atoms with E-state index >= 15 is 0 Å². The Morgan fingerprint density at radius 3 is 2.17 bits per heavy atom. The molecule has 0 N–H and O–H groups in total. The fourth-order valence-corrected chi connectivity index (χ4v) is 2.50. The van der Waals surface area contributed by atoms with Crippen molar-refractivity contribution in [3.63, 3.8) is 0 Å². The van der Waals surface area contributed by atoms with Gasteiger partial charge in [0.25, 0.3) is 11.8 Å². The summed E-state index contributed by atoms with van der Waals surface area (Å²) in [6.07, 6.45) is 1.70. The number of hydrogen-bond donors (Lipinski definition) is 0. The summed E-state index contributed by atoms with van der Waals surface area (Å²) in [7, 11) is 0. The van der Waals surface area contributed by atoms with E-state index in [0.29, 0.717) is 0 Å². The topological polar surface area (TPSA) is 77.5 Å². The maximum atomic E-state index is 12.0. The van der Waals surface area contributed by atoms with E-state index in [1.807, 2.05) is 0 Å². The highest BCUT2D eigenvalue weighted by atomic mass is 32.2. The largest absolute Gasteiger partial charge is 0.548 e. The van der Waals surface area contributed by atoms with Crippen molar-refractivity contribution in [1.82, 2.24) is 4.90 Å². The van der Waals surface area contributed by atoms with Crippen LogP contribution in [-0.2, 0) is 4.79 Å². The molecule has 94 valence electrons. The fraction of sp³-hybridized carbons (Fsp3) is 0.250. The van der Waals surface area contributed by atoms with Gasteiger partial charge in [0.2, 0.25) is 0 Å². The second-order valence-electron chi connectivity index (χ2n) is 3.82. The van der Waals surface area contributed by atoms with Crippen molar-refractivity contribution in [3.8, 4) is 0 Å². The van der Waals surface area contributed by atoms with Gasteiger partial charge in [-0.1, -0.05) is 12.1 Å². The summed E-state index contributed by atoms with van der Waals surface area (Å²) in [5, 5.41) is 11.0. The van der Waals surface area contributed by atoms with E-state index in [-0.39, 0.29) is 16.9 Å². The molecule has 1 aliphatic heterocycles. The molecule has 0 unspecified atom stereocenters. The van der Waals surface area contributed by atoms with Crippen molar-refractivity contribution >= 4 is 29.5 Å². The van der Waals surface area contributed by atoms with Gasteiger partial charge >= 0.3 is 0 Å². The molecule has 0 radical (unpaired) electrons. The molecule has 1 aliphatic rings. The van der Waals surface area contributed by atoms with Gasteiger partial charge in [-0.25, -0.2) is 0 Å². The quantitative estimate of drug-likeness (QED) is 0.702. The number of carboxylic acid groups (broad SMARTS) is 1. The van der Waals surface area contributed by atoms with Crippen LogP contribution in [0.4, 0.5) is 0 Å². The Morgan fingerprint density at radius 1 is 1.28 bits per heavy atom. The minimum atomic E-state index is -1.42. The predicted octanol–water partition coefficient (Wildman–Crippen LogP) is -0.236. The SMILES string of the molecule is CSC[C@H](C(=O)[O-])N1C(=O)c2ccccc2C1=O. The van der Waals surface area contributed by atoms with Gasteiger partial charge in [0, 0.05) is 5.75 Å². The molecule has 18 heavy (non-hydrogen) atoms. The molecule has 2 amide bonds. The number of thioether (sulfide) groups is 1. The molecule has 0 saturated heterocycles. The van der Waals surface area contributed by atoms with Gasteiger partial charge in [0.05, 0.1) is 23.1 Å². The first kappa shape index (κ1) is 12.6. The number of hydrogen-bond acceptors (Lipinski definition) is 5. The smallest absolute Gasteiger partial charge is 0.262 e. The molecule has 0 aromatic heterocycles. The van der Waals surface area contributed by atoms with Crippen LogP contribution < -0.4 is 5.11 Å². The average Bonchev–Trinajstić information content (AvgIpc) is 2.60. The maximum Gasteiger partial charge on any atom is 0.262 e. The minimum Gasteiger partial charge on any atom is -0.548 e. The first-order valence-corrected chi connectivity index (χ1v) is 6.64. The van der Waals surface area contributed by atoms with Crippen LogP contribution in [0.25, 0.3) is 0 Å². The van der Waals surface area contributed by atoms with Crippen molar-refractivity contribution in [1.29, 1.82) is 0 Å². The minimum absolute atomic E-state index is 0.119. The number of rotatable bonds is 4. The number of fused-ring (bicyclic) bond motifs is 1. The van der Waals surface area contributed by atoms with Gasteiger partial charge in [0.1, 0.15) is 0 Å². The van der Waals surface area contributed by atoms with Gasteiger partial charge < -0.3 is 9.90 Å². The molecule has 0 spiro atoms. The second-order valence-corrected chi connectivity index (χ2v) is 4.73. The third kappa shape index (κ3) is 1.88. The number of carbonyl (C=O) groups is 3. The Balaban J connectivity index is 2.41. The Hall–Kier alpha value is -1.82. The van der Waals surface area contributed by atoms with Crippen molar-refractivity contribution in [2.45, 2.75) is 6.04 Å².